The number of hydrogen-bond acceptors (Lipinski definition) is 3. The summed E-state index contributed by atoms with van der Waals surface area (Å²) in [5, 5.41) is 7.52. The van der Waals surface area contributed by atoms with E-state index in [0.29, 0.717) is 5.92 Å². The zero-order valence-corrected chi connectivity index (χ0v) is 17.1. The van der Waals surface area contributed by atoms with Crippen LogP contribution in [0.4, 0.5) is 5.69 Å². The second kappa shape index (κ2) is 11.3. The van der Waals surface area contributed by atoms with Crippen LogP contribution in [0.3, 0.4) is 0 Å². The number of nitrogens with zero attached hydrogens (tertiary/aromatic N) is 2. The van der Waals surface area contributed by atoms with Gasteiger partial charge in [0, 0.05) is 56.6 Å². The quantitative estimate of drug-likeness (QED) is 0.391. The van der Waals surface area contributed by atoms with E-state index >= 15 is 0 Å². The summed E-state index contributed by atoms with van der Waals surface area (Å²) in [6, 6.07) is 6.13. The molecule has 146 valence electrons. The Hall–Kier alpha value is -1.46. The molecule has 0 aliphatic carbocycles. The average molecular weight is 381 g/mol. The molecular formula is C20H33ClN4O. The van der Waals surface area contributed by atoms with Crippen molar-refractivity contribution in [2.24, 2.45) is 10.9 Å². The van der Waals surface area contributed by atoms with Gasteiger partial charge in [0.25, 0.3) is 0 Å². The van der Waals surface area contributed by atoms with Gasteiger partial charge in [0.1, 0.15) is 0 Å². The average Bonchev–Trinajstić information content (AvgIpc) is 3.10. The zero-order valence-electron chi connectivity index (χ0n) is 16.4. The molecule has 0 aromatic heterocycles. The molecular weight excluding hydrogens is 348 g/mol. The largest absolute Gasteiger partial charge is 0.382 e. The Morgan fingerprint density at radius 3 is 2.96 bits per heavy atom. The first-order chi connectivity index (χ1) is 12.6. The third-order valence-electron chi connectivity index (χ3n) is 4.61. The third-order valence-corrected chi connectivity index (χ3v) is 4.85. The normalized spacial score (nSPS) is 17.6. The van der Waals surface area contributed by atoms with Crippen LogP contribution in [0.2, 0.25) is 5.02 Å². The van der Waals surface area contributed by atoms with Crippen LogP contribution in [0.1, 0.15) is 32.3 Å². The van der Waals surface area contributed by atoms with E-state index in [9.17, 15) is 0 Å². The number of nitrogens with one attached hydrogen (secondary N) is 2. The van der Waals surface area contributed by atoms with Gasteiger partial charge in [-0.2, -0.15) is 0 Å². The van der Waals surface area contributed by atoms with Crippen molar-refractivity contribution in [3.63, 3.8) is 0 Å². The molecule has 1 aromatic rings. The van der Waals surface area contributed by atoms with Gasteiger partial charge < -0.3 is 20.3 Å². The van der Waals surface area contributed by atoms with Crippen LogP contribution in [-0.4, -0.2) is 51.9 Å². The molecule has 1 fully saturated rings. The SMILES string of the molecule is CCNC(=NCC1CCN(c2cc(Cl)ccc2C)C1)NCCCOCC. The smallest absolute Gasteiger partial charge is 0.191 e. The van der Waals surface area contributed by atoms with Crippen molar-refractivity contribution >= 4 is 23.2 Å². The molecule has 2 rings (SSSR count). The molecule has 0 saturated carbocycles. The first kappa shape index (κ1) is 20.8. The number of aliphatic imine (C=N–C) groups is 1. The van der Waals surface area contributed by atoms with E-state index < -0.39 is 0 Å². The fraction of sp³-hybridized carbons (Fsp3) is 0.650. The summed E-state index contributed by atoms with van der Waals surface area (Å²) >= 11 is 6.18. The second-order valence-corrected chi connectivity index (χ2v) is 7.16. The summed E-state index contributed by atoms with van der Waals surface area (Å²) in [5.74, 6) is 1.48. The van der Waals surface area contributed by atoms with Crippen LogP contribution in [-0.2, 0) is 4.74 Å². The number of guanidine groups is 1. The summed E-state index contributed by atoms with van der Waals surface area (Å²) in [4.78, 5) is 7.22. The lowest BCUT2D eigenvalue weighted by Gasteiger charge is -2.21. The molecule has 26 heavy (non-hydrogen) atoms. The lowest BCUT2D eigenvalue weighted by Crippen LogP contribution is -2.38. The van der Waals surface area contributed by atoms with Gasteiger partial charge in [-0.3, -0.25) is 4.99 Å². The van der Waals surface area contributed by atoms with Crippen LogP contribution in [0, 0.1) is 12.8 Å². The van der Waals surface area contributed by atoms with E-state index in [2.05, 4.69) is 41.5 Å². The molecule has 2 N–H and O–H groups in total. The van der Waals surface area contributed by atoms with Crippen molar-refractivity contribution in [1.82, 2.24) is 10.6 Å². The number of anilines is 1. The second-order valence-electron chi connectivity index (χ2n) is 6.73. The van der Waals surface area contributed by atoms with Crippen molar-refractivity contribution < 1.29 is 4.74 Å². The van der Waals surface area contributed by atoms with Crippen molar-refractivity contribution in [2.75, 3.05) is 50.8 Å². The van der Waals surface area contributed by atoms with E-state index in [1.165, 1.54) is 17.7 Å². The minimum Gasteiger partial charge on any atom is -0.382 e. The number of halogens is 1. The highest BCUT2D eigenvalue weighted by atomic mass is 35.5. The summed E-state index contributed by atoms with van der Waals surface area (Å²) in [5.41, 5.74) is 2.53. The van der Waals surface area contributed by atoms with Gasteiger partial charge in [-0.25, -0.2) is 0 Å². The van der Waals surface area contributed by atoms with Crippen LogP contribution < -0.4 is 15.5 Å². The van der Waals surface area contributed by atoms with E-state index in [-0.39, 0.29) is 0 Å². The predicted molar refractivity (Wildman–Crippen MR) is 112 cm³/mol. The summed E-state index contributed by atoms with van der Waals surface area (Å²) < 4.78 is 5.37. The highest BCUT2D eigenvalue weighted by molar-refractivity contribution is 6.30. The third kappa shape index (κ3) is 6.69. The van der Waals surface area contributed by atoms with Crippen molar-refractivity contribution in [3.8, 4) is 0 Å². The minimum absolute atomic E-state index is 0.576. The van der Waals surface area contributed by atoms with Crippen LogP contribution in [0.15, 0.2) is 23.2 Å². The van der Waals surface area contributed by atoms with E-state index in [1.54, 1.807) is 0 Å². The molecule has 6 heteroatoms. The van der Waals surface area contributed by atoms with Crippen molar-refractivity contribution in [2.45, 2.75) is 33.6 Å². The molecule has 0 spiro atoms. The Kier molecular flexibility index (Phi) is 9.06. The van der Waals surface area contributed by atoms with Gasteiger partial charge in [-0.05, 0) is 57.2 Å². The first-order valence-corrected chi connectivity index (χ1v) is 10.1. The molecule has 0 amide bonds. The van der Waals surface area contributed by atoms with Gasteiger partial charge in [0.05, 0.1) is 0 Å². The Bertz CT molecular complexity index is 579. The van der Waals surface area contributed by atoms with Crippen molar-refractivity contribution in [3.05, 3.63) is 28.8 Å². The monoisotopic (exact) mass is 380 g/mol. The van der Waals surface area contributed by atoms with Crippen molar-refractivity contribution in [1.29, 1.82) is 0 Å². The zero-order chi connectivity index (χ0) is 18.8. The molecule has 1 aromatic carbocycles. The minimum atomic E-state index is 0.576. The van der Waals surface area contributed by atoms with E-state index in [4.69, 9.17) is 21.3 Å². The highest BCUT2D eigenvalue weighted by Crippen LogP contribution is 2.29. The summed E-state index contributed by atoms with van der Waals surface area (Å²) in [6.45, 7) is 12.5. The lowest BCUT2D eigenvalue weighted by molar-refractivity contribution is 0.145. The molecule has 0 radical (unpaired) electrons. The molecule has 1 aliphatic rings. The van der Waals surface area contributed by atoms with E-state index in [1.807, 2.05) is 13.0 Å². The topological polar surface area (TPSA) is 48.9 Å². The van der Waals surface area contributed by atoms with E-state index in [0.717, 1.165) is 63.3 Å². The Morgan fingerprint density at radius 1 is 1.35 bits per heavy atom. The fourth-order valence-electron chi connectivity index (χ4n) is 3.21. The Labute approximate surface area is 163 Å². The number of hydrogen-bond donors (Lipinski definition) is 2. The molecule has 1 heterocycles. The van der Waals surface area contributed by atoms with Gasteiger partial charge in [0.15, 0.2) is 5.96 Å². The lowest BCUT2D eigenvalue weighted by atomic mass is 10.1. The molecule has 5 nitrogen and oxygen atoms in total. The fourth-order valence-corrected chi connectivity index (χ4v) is 3.38. The predicted octanol–water partition coefficient (Wildman–Crippen LogP) is 3.46. The van der Waals surface area contributed by atoms with Gasteiger partial charge >= 0.3 is 0 Å². The molecule has 1 aliphatic heterocycles. The Morgan fingerprint density at radius 2 is 2.19 bits per heavy atom. The molecule has 0 bridgehead atoms. The highest BCUT2D eigenvalue weighted by Gasteiger charge is 2.23. The van der Waals surface area contributed by atoms with Crippen LogP contribution in [0.5, 0.6) is 0 Å². The van der Waals surface area contributed by atoms with Crippen LogP contribution >= 0.6 is 11.6 Å². The number of benzene rings is 1. The number of rotatable bonds is 9. The number of ether oxygens (including phenoxy) is 1. The van der Waals surface area contributed by atoms with Gasteiger partial charge in [-0.1, -0.05) is 17.7 Å². The number of aryl methyl sites for hydroxylation is 1. The first-order valence-electron chi connectivity index (χ1n) is 9.75. The van der Waals surface area contributed by atoms with Gasteiger partial charge in [0.2, 0.25) is 0 Å². The van der Waals surface area contributed by atoms with Crippen LogP contribution in [0.25, 0.3) is 0 Å². The van der Waals surface area contributed by atoms with Gasteiger partial charge in [-0.15, -0.1) is 0 Å². The standard InChI is InChI=1S/C20H33ClN4O/c1-4-22-20(23-10-6-12-26-5-2)24-14-17-9-11-25(15-17)19-13-18(21)8-7-16(19)3/h7-8,13,17H,4-6,9-12,14-15H2,1-3H3,(H2,22,23,24). The summed E-state index contributed by atoms with van der Waals surface area (Å²) in [6.07, 6.45) is 2.16. The maximum atomic E-state index is 6.18. The molecule has 1 saturated heterocycles. The summed E-state index contributed by atoms with van der Waals surface area (Å²) in [7, 11) is 0. The maximum Gasteiger partial charge on any atom is 0.191 e. The molecule has 1 atom stereocenters. The Balaban J connectivity index is 1.83. The maximum absolute atomic E-state index is 6.18. The molecule has 1 unspecified atom stereocenters.